The molecule has 0 aromatic heterocycles. The van der Waals surface area contributed by atoms with Crippen molar-refractivity contribution in [3.05, 3.63) is 24.3 Å². The van der Waals surface area contributed by atoms with Crippen molar-refractivity contribution in [1.29, 1.82) is 0 Å². The second-order valence-corrected chi connectivity index (χ2v) is 4.95. The smallest absolute Gasteiger partial charge is 0.221 e. The second-order valence-electron chi connectivity index (χ2n) is 4.95. The molecular weight excluding hydrogens is 254 g/mol. The van der Waals surface area contributed by atoms with Gasteiger partial charge in [0.05, 0.1) is 6.04 Å². The van der Waals surface area contributed by atoms with Crippen molar-refractivity contribution < 1.29 is 4.79 Å². The number of nitrogens with two attached hydrogens (primary N) is 1. The molecule has 6 heteroatoms. The number of amides is 1. The molecule has 6 nitrogen and oxygen atoms in total. The Labute approximate surface area is 118 Å². The summed E-state index contributed by atoms with van der Waals surface area (Å²) in [4.78, 5) is 15.6. The summed E-state index contributed by atoms with van der Waals surface area (Å²) in [5.74, 6) is 5.96. The number of anilines is 2. The zero-order valence-electron chi connectivity index (χ0n) is 11.6. The number of carbonyl (C=O) groups is 1. The second kappa shape index (κ2) is 6.91. The summed E-state index contributed by atoms with van der Waals surface area (Å²) >= 11 is 0. The fraction of sp³-hybridized carbons (Fsp3) is 0.429. The van der Waals surface area contributed by atoms with Crippen molar-refractivity contribution in [2.24, 2.45) is 10.8 Å². The number of nitrogens with one attached hydrogen (secondary N) is 3. The van der Waals surface area contributed by atoms with Crippen LogP contribution in [0.3, 0.4) is 0 Å². The van der Waals surface area contributed by atoms with Gasteiger partial charge in [-0.15, -0.1) is 0 Å². The van der Waals surface area contributed by atoms with Crippen molar-refractivity contribution in [1.82, 2.24) is 5.43 Å². The average molecular weight is 275 g/mol. The highest BCUT2D eigenvalue weighted by atomic mass is 16.1. The number of guanidine groups is 1. The number of hydrogen-bond acceptors (Lipinski definition) is 3. The van der Waals surface area contributed by atoms with Crippen LogP contribution in [0.1, 0.15) is 32.6 Å². The topological polar surface area (TPSA) is 91.5 Å². The lowest BCUT2D eigenvalue weighted by Gasteiger charge is -2.12. The van der Waals surface area contributed by atoms with Gasteiger partial charge in [-0.05, 0) is 31.0 Å². The molecule has 108 valence electrons. The molecule has 0 spiro atoms. The Morgan fingerprint density at radius 1 is 1.25 bits per heavy atom. The van der Waals surface area contributed by atoms with E-state index in [4.69, 9.17) is 5.84 Å². The number of benzene rings is 1. The maximum absolute atomic E-state index is 11.0. The third kappa shape index (κ3) is 4.24. The molecule has 2 rings (SSSR count). The fourth-order valence-electron chi connectivity index (χ4n) is 2.34. The van der Waals surface area contributed by atoms with Crippen molar-refractivity contribution >= 4 is 23.2 Å². The number of carbonyl (C=O) groups excluding carboxylic acids is 1. The van der Waals surface area contributed by atoms with E-state index in [9.17, 15) is 4.79 Å². The summed E-state index contributed by atoms with van der Waals surface area (Å²) in [6.45, 7) is 1.48. The maximum Gasteiger partial charge on any atom is 0.221 e. The van der Waals surface area contributed by atoms with Crippen LogP contribution in [0.15, 0.2) is 29.3 Å². The lowest BCUT2D eigenvalue weighted by atomic mass is 10.2. The molecule has 1 aliphatic carbocycles. The van der Waals surface area contributed by atoms with Crippen LogP contribution in [0.25, 0.3) is 0 Å². The average Bonchev–Trinajstić information content (AvgIpc) is 2.90. The molecule has 0 atom stereocenters. The number of rotatable bonds is 3. The Morgan fingerprint density at radius 3 is 2.50 bits per heavy atom. The quantitative estimate of drug-likeness (QED) is 0.293. The third-order valence-electron chi connectivity index (χ3n) is 3.22. The van der Waals surface area contributed by atoms with E-state index < -0.39 is 0 Å². The molecule has 1 aromatic carbocycles. The number of hydrazine groups is 1. The molecule has 0 heterocycles. The largest absolute Gasteiger partial charge is 0.326 e. The van der Waals surface area contributed by atoms with Gasteiger partial charge < -0.3 is 10.6 Å². The zero-order valence-corrected chi connectivity index (χ0v) is 11.6. The minimum atomic E-state index is -0.0982. The van der Waals surface area contributed by atoms with Crippen molar-refractivity contribution in [3.8, 4) is 0 Å². The van der Waals surface area contributed by atoms with Crippen LogP contribution < -0.4 is 21.9 Å². The fourth-order valence-corrected chi connectivity index (χ4v) is 2.34. The van der Waals surface area contributed by atoms with Gasteiger partial charge in [0, 0.05) is 18.3 Å². The molecular formula is C14H21N5O. The van der Waals surface area contributed by atoms with E-state index in [-0.39, 0.29) is 5.91 Å². The molecule has 0 unspecified atom stereocenters. The predicted molar refractivity (Wildman–Crippen MR) is 81.4 cm³/mol. The summed E-state index contributed by atoms with van der Waals surface area (Å²) in [6.07, 6.45) is 4.67. The Kier molecular flexibility index (Phi) is 4.95. The molecule has 1 amide bonds. The third-order valence-corrected chi connectivity index (χ3v) is 3.22. The molecule has 1 aromatic rings. The van der Waals surface area contributed by atoms with Gasteiger partial charge in [0.25, 0.3) is 0 Å². The summed E-state index contributed by atoms with van der Waals surface area (Å²) in [7, 11) is 0. The van der Waals surface area contributed by atoms with Crippen LogP contribution in [0.4, 0.5) is 11.4 Å². The van der Waals surface area contributed by atoms with Gasteiger partial charge in [0.15, 0.2) is 0 Å². The normalized spacial score (nSPS) is 16.0. The van der Waals surface area contributed by atoms with Crippen molar-refractivity contribution in [3.63, 3.8) is 0 Å². The van der Waals surface area contributed by atoms with Crippen LogP contribution in [-0.2, 0) is 4.79 Å². The lowest BCUT2D eigenvalue weighted by Crippen LogP contribution is -2.37. The van der Waals surface area contributed by atoms with Gasteiger partial charge in [-0.3, -0.25) is 10.2 Å². The van der Waals surface area contributed by atoms with Gasteiger partial charge in [-0.2, -0.15) is 0 Å². The van der Waals surface area contributed by atoms with E-state index in [0.29, 0.717) is 12.0 Å². The van der Waals surface area contributed by atoms with Crippen LogP contribution in [-0.4, -0.2) is 17.9 Å². The predicted octanol–water partition coefficient (Wildman–Crippen LogP) is 1.82. The first-order valence-corrected chi connectivity index (χ1v) is 6.86. The van der Waals surface area contributed by atoms with E-state index in [2.05, 4.69) is 21.1 Å². The van der Waals surface area contributed by atoms with Crippen molar-refractivity contribution in [2.75, 3.05) is 10.6 Å². The molecule has 1 aliphatic rings. The van der Waals surface area contributed by atoms with Gasteiger partial charge >= 0.3 is 0 Å². The molecule has 0 bridgehead atoms. The number of nitrogens with zero attached hydrogens (tertiary/aromatic N) is 1. The van der Waals surface area contributed by atoms with Crippen LogP contribution >= 0.6 is 0 Å². The Balaban J connectivity index is 2.04. The Bertz CT molecular complexity index is 494. The van der Waals surface area contributed by atoms with Crippen LogP contribution in [0.5, 0.6) is 0 Å². The number of hydrogen-bond donors (Lipinski definition) is 4. The lowest BCUT2D eigenvalue weighted by molar-refractivity contribution is -0.114. The molecule has 5 N–H and O–H groups in total. The van der Waals surface area contributed by atoms with E-state index in [1.807, 2.05) is 24.3 Å². The minimum Gasteiger partial charge on any atom is -0.326 e. The summed E-state index contributed by atoms with van der Waals surface area (Å²) in [6, 6.07) is 7.76. The highest BCUT2D eigenvalue weighted by molar-refractivity contribution is 5.95. The van der Waals surface area contributed by atoms with Crippen LogP contribution in [0, 0.1) is 0 Å². The van der Waals surface area contributed by atoms with Gasteiger partial charge in [-0.1, -0.05) is 18.9 Å². The molecule has 0 radical (unpaired) electrons. The van der Waals surface area contributed by atoms with Gasteiger partial charge in [0.1, 0.15) is 0 Å². The summed E-state index contributed by atoms with van der Waals surface area (Å²) in [5.41, 5.74) is 4.15. The molecule has 20 heavy (non-hydrogen) atoms. The van der Waals surface area contributed by atoms with Crippen LogP contribution in [0.2, 0.25) is 0 Å². The summed E-state index contributed by atoms with van der Waals surface area (Å²) in [5, 5.41) is 5.87. The minimum absolute atomic E-state index is 0.0982. The molecule has 0 saturated heterocycles. The Morgan fingerprint density at radius 2 is 1.90 bits per heavy atom. The highest BCUT2D eigenvalue weighted by Crippen LogP contribution is 2.21. The van der Waals surface area contributed by atoms with E-state index in [0.717, 1.165) is 24.2 Å². The zero-order chi connectivity index (χ0) is 14.4. The number of aliphatic imine (C=N–C) groups is 1. The Hall–Kier alpha value is -2.08. The van der Waals surface area contributed by atoms with E-state index in [1.165, 1.54) is 19.8 Å². The molecule has 0 aliphatic heterocycles. The first kappa shape index (κ1) is 14.3. The van der Waals surface area contributed by atoms with E-state index >= 15 is 0 Å². The standard InChI is InChI=1S/C14H21N5O/c1-10(20)16-12-7-4-8-13(9-12)18-14(19-15)17-11-5-2-3-6-11/h4,7-9,11H,2-3,5-6,15H2,1H3,(H,16,20)(H2,17,18,19). The first-order valence-electron chi connectivity index (χ1n) is 6.86. The first-order chi connectivity index (χ1) is 9.67. The highest BCUT2D eigenvalue weighted by Gasteiger charge is 2.14. The monoisotopic (exact) mass is 275 g/mol. The van der Waals surface area contributed by atoms with Gasteiger partial charge in [-0.25, -0.2) is 10.8 Å². The molecule has 1 saturated carbocycles. The SMILES string of the molecule is CC(=O)Nc1cccc(NC(=NC2CCCC2)NN)c1. The molecule has 1 fully saturated rings. The van der Waals surface area contributed by atoms with E-state index in [1.54, 1.807) is 0 Å². The van der Waals surface area contributed by atoms with Crippen molar-refractivity contribution in [2.45, 2.75) is 38.6 Å². The van der Waals surface area contributed by atoms with Gasteiger partial charge in [0.2, 0.25) is 11.9 Å². The maximum atomic E-state index is 11.0. The summed E-state index contributed by atoms with van der Waals surface area (Å²) < 4.78 is 0.